The number of amides is 1. The molecule has 1 aromatic carbocycles. The number of rotatable bonds is 7. The first-order valence-electron chi connectivity index (χ1n) is 6.02. The van der Waals surface area contributed by atoms with Crippen molar-refractivity contribution >= 4 is 34.8 Å². The quantitative estimate of drug-likeness (QED) is 0.805. The second-order valence-electron chi connectivity index (χ2n) is 4.48. The van der Waals surface area contributed by atoms with E-state index in [9.17, 15) is 9.90 Å². The van der Waals surface area contributed by atoms with Gasteiger partial charge in [0.05, 0.1) is 29.3 Å². The van der Waals surface area contributed by atoms with Crippen LogP contribution in [0.1, 0.15) is 0 Å². The number of benzene rings is 1. The largest absolute Gasteiger partial charge is 0.389 e. The number of halogens is 2. The Kier molecular flexibility index (Phi) is 7.26. The molecule has 1 unspecified atom stereocenters. The Morgan fingerprint density at radius 2 is 2.15 bits per heavy atom. The first-order valence-corrected chi connectivity index (χ1v) is 6.78. The molecule has 5 nitrogen and oxygen atoms in total. The molecule has 1 aromatic rings. The highest BCUT2D eigenvalue weighted by Crippen LogP contribution is 2.24. The fourth-order valence-corrected chi connectivity index (χ4v) is 1.99. The zero-order chi connectivity index (χ0) is 15.1. The van der Waals surface area contributed by atoms with Crippen LogP contribution in [-0.4, -0.2) is 55.9 Å². The minimum atomic E-state index is -0.622. The molecular weight excluding hydrogens is 303 g/mol. The molecule has 0 bridgehead atoms. The average Bonchev–Trinajstić information content (AvgIpc) is 2.33. The second kappa shape index (κ2) is 8.44. The van der Waals surface area contributed by atoms with Gasteiger partial charge in [-0.25, -0.2) is 0 Å². The van der Waals surface area contributed by atoms with Crippen molar-refractivity contribution in [3.8, 4) is 0 Å². The molecule has 0 aliphatic carbocycles. The third-order valence-corrected chi connectivity index (χ3v) is 3.24. The normalized spacial score (nSPS) is 12.5. The third kappa shape index (κ3) is 6.07. The van der Waals surface area contributed by atoms with Gasteiger partial charge in [0.1, 0.15) is 0 Å². The van der Waals surface area contributed by atoms with Crippen molar-refractivity contribution in [1.82, 2.24) is 4.90 Å². The van der Waals surface area contributed by atoms with Gasteiger partial charge in [0, 0.05) is 19.3 Å². The molecule has 7 heteroatoms. The van der Waals surface area contributed by atoms with Crippen LogP contribution in [0.25, 0.3) is 0 Å². The molecule has 112 valence electrons. The second-order valence-corrected chi connectivity index (χ2v) is 5.30. The molecule has 0 aliphatic rings. The Bertz CT molecular complexity index is 457. The minimum absolute atomic E-state index is 0.154. The monoisotopic (exact) mass is 320 g/mol. The van der Waals surface area contributed by atoms with Crippen LogP contribution < -0.4 is 5.32 Å². The highest BCUT2D eigenvalue weighted by Gasteiger charge is 2.12. The minimum Gasteiger partial charge on any atom is -0.389 e. The summed E-state index contributed by atoms with van der Waals surface area (Å²) >= 11 is 11.7. The number of carbonyl (C=O) groups is 1. The molecule has 0 aromatic heterocycles. The summed E-state index contributed by atoms with van der Waals surface area (Å²) in [6.07, 6.45) is -0.622. The van der Waals surface area contributed by atoms with Gasteiger partial charge in [-0.15, -0.1) is 0 Å². The topological polar surface area (TPSA) is 61.8 Å². The van der Waals surface area contributed by atoms with Gasteiger partial charge in [0.15, 0.2) is 0 Å². The van der Waals surface area contributed by atoms with Gasteiger partial charge in [0.25, 0.3) is 0 Å². The van der Waals surface area contributed by atoms with E-state index in [4.69, 9.17) is 27.9 Å². The fourth-order valence-electron chi connectivity index (χ4n) is 1.69. The van der Waals surface area contributed by atoms with Gasteiger partial charge in [0.2, 0.25) is 5.91 Å². The molecule has 0 saturated heterocycles. The lowest BCUT2D eigenvalue weighted by Crippen LogP contribution is -2.37. The zero-order valence-corrected chi connectivity index (χ0v) is 12.9. The Morgan fingerprint density at radius 3 is 2.75 bits per heavy atom. The summed E-state index contributed by atoms with van der Waals surface area (Å²) < 4.78 is 4.83. The molecule has 0 radical (unpaired) electrons. The van der Waals surface area contributed by atoms with Crippen molar-refractivity contribution in [3.05, 3.63) is 28.2 Å². The molecule has 0 saturated carbocycles. The van der Waals surface area contributed by atoms with E-state index >= 15 is 0 Å². The molecule has 0 fully saturated rings. The summed E-state index contributed by atoms with van der Waals surface area (Å²) in [4.78, 5) is 13.5. The van der Waals surface area contributed by atoms with Crippen LogP contribution in [0.4, 0.5) is 5.69 Å². The Balaban J connectivity index is 2.44. The van der Waals surface area contributed by atoms with Crippen LogP contribution >= 0.6 is 23.2 Å². The number of hydrogen-bond acceptors (Lipinski definition) is 4. The molecule has 0 spiro atoms. The van der Waals surface area contributed by atoms with E-state index in [1.165, 1.54) is 7.11 Å². The Morgan fingerprint density at radius 1 is 1.45 bits per heavy atom. The maximum Gasteiger partial charge on any atom is 0.238 e. The van der Waals surface area contributed by atoms with Crippen LogP contribution in [0.5, 0.6) is 0 Å². The summed E-state index contributed by atoms with van der Waals surface area (Å²) in [5.41, 5.74) is 0.579. The van der Waals surface area contributed by atoms with Crippen LogP contribution in [0.15, 0.2) is 18.2 Å². The van der Waals surface area contributed by atoms with E-state index in [1.54, 1.807) is 30.1 Å². The highest BCUT2D eigenvalue weighted by molar-refractivity contribution is 6.42. The lowest BCUT2D eigenvalue weighted by Gasteiger charge is -2.19. The molecule has 0 heterocycles. The lowest BCUT2D eigenvalue weighted by molar-refractivity contribution is -0.117. The van der Waals surface area contributed by atoms with E-state index in [-0.39, 0.29) is 19.1 Å². The lowest BCUT2D eigenvalue weighted by atomic mass is 10.3. The van der Waals surface area contributed by atoms with Gasteiger partial charge < -0.3 is 15.2 Å². The van der Waals surface area contributed by atoms with Crippen molar-refractivity contribution in [1.29, 1.82) is 0 Å². The third-order valence-electron chi connectivity index (χ3n) is 2.50. The van der Waals surface area contributed by atoms with Gasteiger partial charge >= 0.3 is 0 Å². The summed E-state index contributed by atoms with van der Waals surface area (Å²) in [5.74, 6) is -0.199. The van der Waals surface area contributed by atoms with Crippen LogP contribution in [-0.2, 0) is 9.53 Å². The van der Waals surface area contributed by atoms with E-state index in [1.807, 2.05) is 0 Å². The van der Waals surface area contributed by atoms with Crippen LogP contribution in [0, 0.1) is 0 Å². The molecule has 0 aliphatic heterocycles. The number of ether oxygens (including phenoxy) is 1. The van der Waals surface area contributed by atoms with Crippen molar-refractivity contribution in [3.63, 3.8) is 0 Å². The first-order chi connectivity index (χ1) is 9.42. The number of nitrogens with zero attached hydrogens (tertiary/aromatic N) is 1. The number of anilines is 1. The van der Waals surface area contributed by atoms with E-state index in [2.05, 4.69) is 5.32 Å². The average molecular weight is 321 g/mol. The predicted molar refractivity (Wildman–Crippen MR) is 80.5 cm³/mol. The van der Waals surface area contributed by atoms with Crippen molar-refractivity contribution < 1.29 is 14.6 Å². The molecule has 1 rings (SSSR count). The molecular formula is C13H18Cl2N2O3. The first kappa shape index (κ1) is 17.2. The van der Waals surface area contributed by atoms with E-state index in [0.717, 1.165) is 0 Å². The van der Waals surface area contributed by atoms with Gasteiger partial charge in [-0.3, -0.25) is 9.69 Å². The summed E-state index contributed by atoms with van der Waals surface area (Å²) in [6.45, 7) is 0.738. The molecule has 2 N–H and O–H groups in total. The number of nitrogens with one attached hydrogen (secondary N) is 1. The summed E-state index contributed by atoms with van der Waals surface area (Å²) in [7, 11) is 3.26. The maximum atomic E-state index is 11.8. The molecule has 20 heavy (non-hydrogen) atoms. The highest BCUT2D eigenvalue weighted by atomic mass is 35.5. The number of likely N-dealkylation sites (N-methyl/N-ethyl adjacent to an activating group) is 1. The van der Waals surface area contributed by atoms with Gasteiger partial charge in [-0.2, -0.15) is 0 Å². The molecule has 1 amide bonds. The van der Waals surface area contributed by atoms with Crippen molar-refractivity contribution in [2.75, 3.05) is 39.2 Å². The maximum absolute atomic E-state index is 11.8. The number of methoxy groups -OCH3 is 1. The SMILES string of the molecule is COCC(O)CN(C)CC(=O)Nc1ccc(Cl)c(Cl)c1. The Hall–Kier alpha value is -0.850. The smallest absolute Gasteiger partial charge is 0.238 e. The standard InChI is InChI=1S/C13H18Cl2N2O3/c1-17(6-10(18)8-20-2)7-13(19)16-9-3-4-11(14)12(15)5-9/h3-5,10,18H,6-8H2,1-2H3,(H,16,19). The fraction of sp³-hybridized carbons (Fsp3) is 0.462. The predicted octanol–water partition coefficient (Wildman–Crippen LogP) is 1.87. The number of hydrogen-bond donors (Lipinski definition) is 2. The number of aliphatic hydroxyl groups excluding tert-OH is 1. The van der Waals surface area contributed by atoms with Gasteiger partial charge in [-0.05, 0) is 25.2 Å². The Labute approximate surface area is 128 Å². The summed E-state index contributed by atoms with van der Waals surface area (Å²) in [5, 5.41) is 13.1. The van der Waals surface area contributed by atoms with Crippen molar-refractivity contribution in [2.45, 2.75) is 6.10 Å². The zero-order valence-electron chi connectivity index (χ0n) is 11.4. The van der Waals surface area contributed by atoms with Gasteiger partial charge in [-0.1, -0.05) is 23.2 Å². The number of carbonyl (C=O) groups excluding carboxylic acids is 1. The van der Waals surface area contributed by atoms with E-state index < -0.39 is 6.10 Å². The van der Waals surface area contributed by atoms with Crippen LogP contribution in [0.3, 0.4) is 0 Å². The molecule has 1 atom stereocenters. The van der Waals surface area contributed by atoms with Crippen LogP contribution in [0.2, 0.25) is 10.0 Å². The number of aliphatic hydroxyl groups is 1. The van der Waals surface area contributed by atoms with E-state index in [0.29, 0.717) is 22.3 Å². The van der Waals surface area contributed by atoms with Crippen molar-refractivity contribution in [2.24, 2.45) is 0 Å². The summed E-state index contributed by atoms with van der Waals surface area (Å²) in [6, 6.07) is 4.87.